The monoisotopic (exact) mass is 374 g/mol. The highest BCUT2D eigenvalue weighted by Gasteiger charge is 2.38. The van der Waals surface area contributed by atoms with Crippen molar-refractivity contribution in [1.29, 1.82) is 0 Å². The van der Waals surface area contributed by atoms with Crippen molar-refractivity contribution in [2.45, 2.75) is 64.3 Å². The maximum atomic E-state index is 5.96. The molecule has 1 heterocycles. The fraction of sp³-hybridized carbons (Fsp3) is 0.667. The SMILES string of the molecule is CCNC(=NCC(C)Oc1ccc(OC)cc1)NC1CC(C)N(C2CC2)C1. The first kappa shape index (κ1) is 19.8. The Kier molecular flexibility index (Phi) is 6.83. The van der Waals surface area contributed by atoms with Gasteiger partial charge in [0.05, 0.1) is 13.7 Å². The molecular weight excluding hydrogens is 340 g/mol. The smallest absolute Gasteiger partial charge is 0.191 e. The summed E-state index contributed by atoms with van der Waals surface area (Å²) >= 11 is 0. The number of methoxy groups -OCH3 is 1. The molecule has 0 bridgehead atoms. The molecule has 3 unspecified atom stereocenters. The van der Waals surface area contributed by atoms with Crippen LogP contribution in [0, 0.1) is 0 Å². The Morgan fingerprint density at radius 3 is 2.59 bits per heavy atom. The topological polar surface area (TPSA) is 58.1 Å². The van der Waals surface area contributed by atoms with Gasteiger partial charge >= 0.3 is 0 Å². The van der Waals surface area contributed by atoms with Crippen LogP contribution in [-0.2, 0) is 0 Å². The average molecular weight is 375 g/mol. The minimum Gasteiger partial charge on any atom is -0.497 e. The van der Waals surface area contributed by atoms with Gasteiger partial charge in [0.15, 0.2) is 5.96 Å². The zero-order valence-electron chi connectivity index (χ0n) is 17.1. The van der Waals surface area contributed by atoms with Crippen molar-refractivity contribution < 1.29 is 9.47 Å². The molecule has 1 saturated heterocycles. The van der Waals surface area contributed by atoms with Crippen LogP contribution in [0.5, 0.6) is 11.5 Å². The molecule has 0 amide bonds. The van der Waals surface area contributed by atoms with E-state index in [4.69, 9.17) is 14.5 Å². The lowest BCUT2D eigenvalue weighted by Crippen LogP contribution is -2.45. The number of nitrogens with zero attached hydrogens (tertiary/aromatic N) is 2. The van der Waals surface area contributed by atoms with E-state index < -0.39 is 0 Å². The maximum absolute atomic E-state index is 5.96. The molecule has 2 N–H and O–H groups in total. The molecule has 6 heteroatoms. The second-order valence-corrected chi connectivity index (χ2v) is 7.68. The Hall–Kier alpha value is -1.95. The van der Waals surface area contributed by atoms with E-state index in [1.165, 1.54) is 19.3 Å². The van der Waals surface area contributed by atoms with Crippen LogP contribution >= 0.6 is 0 Å². The van der Waals surface area contributed by atoms with Crippen molar-refractivity contribution in [3.05, 3.63) is 24.3 Å². The molecule has 3 atom stereocenters. The fourth-order valence-corrected chi connectivity index (χ4v) is 3.73. The van der Waals surface area contributed by atoms with Gasteiger partial charge in [-0.1, -0.05) is 0 Å². The molecule has 6 nitrogen and oxygen atoms in total. The van der Waals surface area contributed by atoms with Gasteiger partial charge in [0.1, 0.15) is 17.6 Å². The summed E-state index contributed by atoms with van der Waals surface area (Å²) in [5, 5.41) is 6.99. The molecule has 0 spiro atoms. The number of benzene rings is 1. The van der Waals surface area contributed by atoms with E-state index in [0.29, 0.717) is 18.6 Å². The summed E-state index contributed by atoms with van der Waals surface area (Å²) in [5.41, 5.74) is 0. The summed E-state index contributed by atoms with van der Waals surface area (Å²) in [6.07, 6.45) is 3.91. The van der Waals surface area contributed by atoms with Crippen LogP contribution in [0.4, 0.5) is 0 Å². The molecule has 1 aliphatic heterocycles. The van der Waals surface area contributed by atoms with Crippen molar-refractivity contribution in [2.75, 3.05) is 26.7 Å². The lowest BCUT2D eigenvalue weighted by Gasteiger charge is -2.20. The Bertz CT molecular complexity index is 615. The predicted molar refractivity (Wildman–Crippen MR) is 110 cm³/mol. The fourth-order valence-electron chi connectivity index (χ4n) is 3.73. The number of aliphatic imine (C=N–C) groups is 1. The lowest BCUT2D eigenvalue weighted by molar-refractivity contribution is 0.230. The molecule has 1 aromatic rings. The van der Waals surface area contributed by atoms with Gasteiger partial charge in [0.2, 0.25) is 0 Å². The van der Waals surface area contributed by atoms with E-state index in [0.717, 1.165) is 36.6 Å². The van der Waals surface area contributed by atoms with Crippen LogP contribution in [0.2, 0.25) is 0 Å². The molecule has 0 aromatic heterocycles. The van der Waals surface area contributed by atoms with E-state index in [9.17, 15) is 0 Å². The van der Waals surface area contributed by atoms with Crippen molar-refractivity contribution in [3.63, 3.8) is 0 Å². The summed E-state index contributed by atoms with van der Waals surface area (Å²) < 4.78 is 11.1. The van der Waals surface area contributed by atoms with Gasteiger partial charge in [-0.25, -0.2) is 4.99 Å². The number of guanidine groups is 1. The van der Waals surface area contributed by atoms with Gasteiger partial charge in [0, 0.05) is 31.2 Å². The number of nitrogens with one attached hydrogen (secondary N) is 2. The quantitative estimate of drug-likeness (QED) is 0.541. The molecule has 3 rings (SSSR count). The van der Waals surface area contributed by atoms with E-state index >= 15 is 0 Å². The molecule has 1 aromatic carbocycles. The Morgan fingerprint density at radius 2 is 1.96 bits per heavy atom. The number of rotatable bonds is 8. The molecule has 0 radical (unpaired) electrons. The average Bonchev–Trinajstić information content (AvgIpc) is 3.44. The van der Waals surface area contributed by atoms with Crippen LogP contribution in [-0.4, -0.2) is 61.8 Å². The third kappa shape index (κ3) is 5.76. The third-order valence-electron chi connectivity index (χ3n) is 5.23. The number of likely N-dealkylation sites (tertiary alicyclic amines) is 1. The predicted octanol–water partition coefficient (Wildman–Crippen LogP) is 2.64. The van der Waals surface area contributed by atoms with E-state index in [1.807, 2.05) is 31.2 Å². The normalized spacial score (nSPS) is 24.5. The van der Waals surface area contributed by atoms with E-state index in [2.05, 4.69) is 29.4 Å². The zero-order chi connectivity index (χ0) is 19.2. The Balaban J connectivity index is 1.50. The first-order chi connectivity index (χ1) is 13.1. The standard InChI is InChI=1S/C21H34N4O2/c1-5-22-21(24-17-12-15(2)25(14-17)18-6-7-18)23-13-16(3)27-20-10-8-19(26-4)9-11-20/h8-11,15-18H,5-7,12-14H2,1-4H3,(H2,22,23,24). The van der Waals surface area contributed by atoms with Gasteiger partial charge in [-0.3, -0.25) is 4.90 Å². The second kappa shape index (κ2) is 9.31. The number of ether oxygens (including phenoxy) is 2. The summed E-state index contributed by atoms with van der Waals surface area (Å²) in [6, 6.07) is 9.62. The van der Waals surface area contributed by atoms with Crippen molar-refractivity contribution >= 4 is 5.96 Å². The molecular formula is C21H34N4O2. The van der Waals surface area contributed by atoms with Crippen LogP contribution in [0.1, 0.15) is 40.0 Å². The molecule has 1 aliphatic carbocycles. The summed E-state index contributed by atoms with van der Waals surface area (Å²) in [4.78, 5) is 7.39. The van der Waals surface area contributed by atoms with Crippen molar-refractivity contribution in [3.8, 4) is 11.5 Å². The van der Waals surface area contributed by atoms with Crippen LogP contribution in [0.25, 0.3) is 0 Å². The zero-order valence-corrected chi connectivity index (χ0v) is 17.1. The summed E-state index contributed by atoms with van der Waals surface area (Å²) in [7, 11) is 1.66. The minimum absolute atomic E-state index is 0.000634. The summed E-state index contributed by atoms with van der Waals surface area (Å²) in [5.74, 6) is 2.55. The van der Waals surface area contributed by atoms with Gasteiger partial charge in [-0.2, -0.15) is 0 Å². The van der Waals surface area contributed by atoms with Crippen LogP contribution in [0.15, 0.2) is 29.3 Å². The largest absolute Gasteiger partial charge is 0.497 e. The van der Waals surface area contributed by atoms with Crippen LogP contribution in [0.3, 0.4) is 0 Å². The maximum Gasteiger partial charge on any atom is 0.191 e. The highest BCUT2D eigenvalue weighted by atomic mass is 16.5. The highest BCUT2D eigenvalue weighted by Crippen LogP contribution is 2.33. The van der Waals surface area contributed by atoms with E-state index in [1.54, 1.807) is 7.11 Å². The van der Waals surface area contributed by atoms with Crippen LogP contribution < -0.4 is 20.1 Å². The molecule has 2 aliphatic rings. The molecule has 2 fully saturated rings. The lowest BCUT2D eigenvalue weighted by atomic mass is 10.2. The minimum atomic E-state index is -0.000634. The van der Waals surface area contributed by atoms with Gasteiger partial charge in [-0.05, 0) is 64.3 Å². The van der Waals surface area contributed by atoms with Gasteiger partial charge < -0.3 is 20.1 Å². The molecule has 150 valence electrons. The van der Waals surface area contributed by atoms with Gasteiger partial charge in [0.25, 0.3) is 0 Å². The first-order valence-electron chi connectivity index (χ1n) is 10.2. The van der Waals surface area contributed by atoms with E-state index in [-0.39, 0.29) is 6.10 Å². The molecule has 1 saturated carbocycles. The third-order valence-corrected chi connectivity index (χ3v) is 5.23. The van der Waals surface area contributed by atoms with Crippen molar-refractivity contribution in [1.82, 2.24) is 15.5 Å². The second-order valence-electron chi connectivity index (χ2n) is 7.68. The summed E-state index contributed by atoms with van der Waals surface area (Å²) in [6.45, 7) is 9.07. The number of hydrogen-bond donors (Lipinski definition) is 2. The van der Waals surface area contributed by atoms with Crippen molar-refractivity contribution in [2.24, 2.45) is 4.99 Å². The highest BCUT2D eigenvalue weighted by molar-refractivity contribution is 5.80. The van der Waals surface area contributed by atoms with Gasteiger partial charge in [-0.15, -0.1) is 0 Å². The Morgan fingerprint density at radius 1 is 1.26 bits per heavy atom. The first-order valence-corrected chi connectivity index (χ1v) is 10.2. The molecule has 27 heavy (non-hydrogen) atoms. The number of hydrogen-bond acceptors (Lipinski definition) is 4. The Labute approximate surface area is 163 Å².